The van der Waals surface area contributed by atoms with Gasteiger partial charge >= 0.3 is 6.18 Å². The van der Waals surface area contributed by atoms with E-state index in [4.69, 9.17) is 11.6 Å². The van der Waals surface area contributed by atoms with Crippen LogP contribution in [0, 0.1) is 12.7 Å². The number of halogens is 5. The van der Waals surface area contributed by atoms with Gasteiger partial charge in [0.2, 0.25) is 0 Å². The summed E-state index contributed by atoms with van der Waals surface area (Å²) in [6, 6.07) is 10.1. The monoisotopic (exact) mass is 453 g/mol. The van der Waals surface area contributed by atoms with Crippen LogP contribution in [0.5, 0.6) is 0 Å². The number of amides is 1. The predicted molar refractivity (Wildman–Crippen MR) is 109 cm³/mol. The molecule has 2 aromatic carbocycles. The largest absolute Gasteiger partial charge is 0.416 e. The number of carbonyl (C=O) groups excluding carboxylic acids is 1. The number of benzene rings is 2. The average Bonchev–Trinajstić information content (AvgIpc) is 3.01. The fraction of sp³-hybridized carbons (Fsp3) is 0.150. The molecule has 0 aliphatic heterocycles. The van der Waals surface area contributed by atoms with Crippen molar-refractivity contribution in [2.75, 3.05) is 11.9 Å². The van der Waals surface area contributed by atoms with Crippen molar-refractivity contribution in [2.24, 2.45) is 5.10 Å². The highest BCUT2D eigenvalue weighted by Crippen LogP contribution is 2.30. The number of hydrogen-bond acceptors (Lipinski definition) is 4. The lowest BCUT2D eigenvalue weighted by Gasteiger charge is -2.10. The van der Waals surface area contributed by atoms with Gasteiger partial charge in [0.05, 0.1) is 35.3 Å². The Morgan fingerprint density at radius 2 is 1.94 bits per heavy atom. The topological polar surface area (TPSA) is 71.3 Å². The van der Waals surface area contributed by atoms with Crippen LogP contribution in [0.15, 0.2) is 53.6 Å². The van der Waals surface area contributed by atoms with E-state index in [9.17, 15) is 22.4 Å². The Labute approximate surface area is 179 Å². The second-order valence-electron chi connectivity index (χ2n) is 6.40. The van der Waals surface area contributed by atoms with Crippen LogP contribution in [0.3, 0.4) is 0 Å². The first-order valence-electron chi connectivity index (χ1n) is 8.89. The van der Waals surface area contributed by atoms with Crippen LogP contribution < -0.4 is 10.7 Å². The number of aromatic nitrogens is 2. The molecule has 6 nitrogen and oxygen atoms in total. The molecule has 11 heteroatoms. The number of hydrazone groups is 1. The van der Waals surface area contributed by atoms with Crippen molar-refractivity contribution in [3.8, 4) is 5.69 Å². The van der Waals surface area contributed by atoms with Gasteiger partial charge in [-0.25, -0.2) is 14.5 Å². The average molecular weight is 454 g/mol. The second kappa shape index (κ2) is 9.17. The standard InChI is InChI=1S/C20H16ClF4N5O/c1-12-17(19(21)30(29-12)16-7-5-14(22)6-8-16)10-27-28-18(31)11-26-15-4-2-3-13(9-15)20(23,24)25/h2-10,26H,11H2,1H3,(H,28,31). The van der Waals surface area contributed by atoms with Gasteiger partial charge in [-0.1, -0.05) is 17.7 Å². The highest BCUT2D eigenvalue weighted by atomic mass is 35.5. The summed E-state index contributed by atoms with van der Waals surface area (Å²) in [7, 11) is 0. The quantitative estimate of drug-likeness (QED) is 0.327. The molecule has 0 bridgehead atoms. The van der Waals surface area contributed by atoms with Gasteiger partial charge in [0.1, 0.15) is 11.0 Å². The van der Waals surface area contributed by atoms with E-state index < -0.39 is 23.5 Å². The van der Waals surface area contributed by atoms with E-state index in [1.54, 1.807) is 6.92 Å². The summed E-state index contributed by atoms with van der Waals surface area (Å²) in [5, 5.41) is 10.9. The Morgan fingerprint density at radius 1 is 1.23 bits per heavy atom. The molecule has 0 fully saturated rings. The molecule has 162 valence electrons. The van der Waals surface area contributed by atoms with E-state index >= 15 is 0 Å². The van der Waals surface area contributed by atoms with Gasteiger partial charge in [0.25, 0.3) is 5.91 Å². The highest BCUT2D eigenvalue weighted by Gasteiger charge is 2.30. The molecule has 0 spiro atoms. The Bertz CT molecular complexity index is 1110. The fourth-order valence-electron chi connectivity index (χ4n) is 2.61. The van der Waals surface area contributed by atoms with E-state index in [0.717, 1.165) is 12.1 Å². The van der Waals surface area contributed by atoms with Crippen molar-refractivity contribution in [3.63, 3.8) is 0 Å². The number of nitrogens with zero attached hydrogens (tertiary/aromatic N) is 3. The Morgan fingerprint density at radius 3 is 2.61 bits per heavy atom. The molecule has 0 unspecified atom stereocenters. The van der Waals surface area contributed by atoms with E-state index in [1.807, 2.05) is 0 Å². The molecule has 1 amide bonds. The number of rotatable bonds is 6. The maximum absolute atomic E-state index is 13.1. The highest BCUT2D eigenvalue weighted by molar-refractivity contribution is 6.32. The summed E-state index contributed by atoms with van der Waals surface area (Å²) in [4.78, 5) is 11.9. The van der Waals surface area contributed by atoms with Crippen LogP contribution in [0.1, 0.15) is 16.8 Å². The Balaban J connectivity index is 1.61. The molecule has 1 heterocycles. The zero-order valence-electron chi connectivity index (χ0n) is 16.0. The third-order valence-corrected chi connectivity index (χ3v) is 4.51. The second-order valence-corrected chi connectivity index (χ2v) is 6.76. The molecule has 31 heavy (non-hydrogen) atoms. The maximum atomic E-state index is 13.1. The number of alkyl halides is 3. The van der Waals surface area contributed by atoms with E-state index in [2.05, 4.69) is 20.9 Å². The molecule has 0 saturated carbocycles. The number of carbonyl (C=O) groups is 1. The zero-order chi connectivity index (χ0) is 22.6. The summed E-state index contributed by atoms with van der Waals surface area (Å²) < 4.78 is 52.7. The maximum Gasteiger partial charge on any atom is 0.416 e. The van der Waals surface area contributed by atoms with Crippen LogP contribution in [-0.2, 0) is 11.0 Å². The van der Waals surface area contributed by atoms with Gasteiger partial charge < -0.3 is 5.32 Å². The molecule has 3 aromatic rings. The summed E-state index contributed by atoms with van der Waals surface area (Å²) in [5.74, 6) is -0.972. The number of hydrogen-bond donors (Lipinski definition) is 2. The molecule has 1 aromatic heterocycles. The SMILES string of the molecule is Cc1nn(-c2ccc(F)cc2)c(Cl)c1C=NNC(=O)CNc1cccc(C(F)(F)F)c1. The zero-order valence-corrected chi connectivity index (χ0v) is 16.8. The van der Waals surface area contributed by atoms with Gasteiger partial charge in [0, 0.05) is 5.69 Å². The Hall–Kier alpha value is -3.40. The van der Waals surface area contributed by atoms with Gasteiger partial charge in [-0.15, -0.1) is 0 Å². The van der Waals surface area contributed by atoms with Crippen molar-refractivity contribution in [1.29, 1.82) is 0 Å². The third kappa shape index (κ3) is 5.60. The summed E-state index contributed by atoms with van der Waals surface area (Å²) in [6.07, 6.45) is -3.17. The minimum absolute atomic E-state index is 0.147. The van der Waals surface area contributed by atoms with Gasteiger partial charge in [-0.2, -0.15) is 23.4 Å². The lowest BCUT2D eigenvalue weighted by atomic mass is 10.2. The number of anilines is 1. The fourth-order valence-corrected chi connectivity index (χ4v) is 2.93. The van der Waals surface area contributed by atoms with Gasteiger partial charge in [-0.05, 0) is 49.4 Å². The van der Waals surface area contributed by atoms with Crippen LogP contribution in [0.2, 0.25) is 5.15 Å². The van der Waals surface area contributed by atoms with E-state index in [0.29, 0.717) is 16.9 Å². The van der Waals surface area contributed by atoms with Crippen molar-refractivity contribution < 1.29 is 22.4 Å². The molecule has 3 rings (SSSR count). The van der Waals surface area contributed by atoms with Gasteiger partial charge in [-0.3, -0.25) is 4.79 Å². The lowest BCUT2D eigenvalue weighted by molar-refractivity contribution is -0.137. The number of nitrogens with one attached hydrogen (secondary N) is 2. The van der Waals surface area contributed by atoms with Crippen LogP contribution in [0.4, 0.5) is 23.2 Å². The lowest BCUT2D eigenvalue weighted by Crippen LogP contribution is -2.26. The van der Waals surface area contributed by atoms with Crippen LogP contribution in [-0.4, -0.2) is 28.4 Å². The molecule has 0 radical (unpaired) electrons. The minimum Gasteiger partial charge on any atom is -0.376 e. The van der Waals surface area contributed by atoms with Crippen LogP contribution in [0.25, 0.3) is 5.69 Å². The molecule has 2 N–H and O–H groups in total. The third-order valence-electron chi connectivity index (χ3n) is 4.15. The first-order chi connectivity index (χ1) is 14.6. The summed E-state index contributed by atoms with van der Waals surface area (Å²) >= 11 is 6.31. The van der Waals surface area contributed by atoms with Crippen molar-refractivity contribution >= 4 is 29.4 Å². The van der Waals surface area contributed by atoms with Crippen molar-refractivity contribution in [2.45, 2.75) is 13.1 Å². The molecular weight excluding hydrogens is 438 g/mol. The first-order valence-corrected chi connectivity index (χ1v) is 9.27. The van der Waals surface area contributed by atoms with Gasteiger partial charge in [0.15, 0.2) is 0 Å². The van der Waals surface area contributed by atoms with Crippen LogP contribution >= 0.6 is 11.6 Å². The van der Waals surface area contributed by atoms with Crippen molar-refractivity contribution in [3.05, 3.63) is 76.3 Å². The van der Waals surface area contributed by atoms with E-state index in [-0.39, 0.29) is 17.4 Å². The molecule has 0 atom stereocenters. The summed E-state index contributed by atoms with van der Waals surface area (Å²) in [6.45, 7) is 1.39. The molecule has 0 saturated heterocycles. The van der Waals surface area contributed by atoms with E-state index in [1.165, 1.54) is 47.3 Å². The Kier molecular flexibility index (Phi) is 6.59. The predicted octanol–water partition coefficient (Wildman–Crippen LogP) is 4.55. The number of aryl methyl sites for hydroxylation is 1. The van der Waals surface area contributed by atoms with Crippen molar-refractivity contribution in [1.82, 2.24) is 15.2 Å². The molecular formula is C20H16ClF4N5O. The molecule has 0 aliphatic carbocycles. The first kappa shape index (κ1) is 22.3. The smallest absolute Gasteiger partial charge is 0.376 e. The minimum atomic E-state index is -4.47. The molecule has 0 aliphatic rings. The summed E-state index contributed by atoms with van der Waals surface area (Å²) in [5.41, 5.74) is 3.09. The normalized spacial score (nSPS) is 11.7.